The van der Waals surface area contributed by atoms with Crippen LogP contribution in [0.4, 0.5) is 17.3 Å². The van der Waals surface area contributed by atoms with Gasteiger partial charge in [-0.2, -0.15) is 5.26 Å². The lowest BCUT2D eigenvalue weighted by atomic mass is 10.1. The van der Waals surface area contributed by atoms with Gasteiger partial charge in [0.05, 0.1) is 30.1 Å². The molecule has 0 radical (unpaired) electrons. The fourth-order valence-electron chi connectivity index (χ4n) is 3.44. The molecule has 8 heteroatoms. The van der Waals surface area contributed by atoms with E-state index in [2.05, 4.69) is 38.4 Å². The third kappa shape index (κ3) is 5.98. The molecule has 0 atom stereocenters. The number of nitrogens with one attached hydrogen (secondary N) is 1. The highest BCUT2D eigenvalue weighted by Crippen LogP contribution is 2.27. The number of nitrogens with zero attached hydrogens (tertiary/aromatic N) is 4. The number of hydrogen-bond donors (Lipinski definition) is 2. The van der Waals surface area contributed by atoms with Gasteiger partial charge in [-0.15, -0.1) is 0 Å². The average molecular weight is 446 g/mol. The monoisotopic (exact) mass is 445 g/mol. The van der Waals surface area contributed by atoms with Crippen molar-refractivity contribution in [2.24, 2.45) is 0 Å². The Morgan fingerprint density at radius 1 is 1.15 bits per heavy atom. The summed E-state index contributed by atoms with van der Waals surface area (Å²) in [5.41, 5.74) is 2.90. The van der Waals surface area contributed by atoms with E-state index in [9.17, 15) is 10.4 Å². The summed E-state index contributed by atoms with van der Waals surface area (Å²) >= 11 is 0. The van der Waals surface area contributed by atoms with Crippen LogP contribution in [0.25, 0.3) is 11.3 Å². The third-order valence-corrected chi connectivity index (χ3v) is 5.13. The number of nitriles is 1. The van der Waals surface area contributed by atoms with Gasteiger partial charge in [-0.05, 0) is 62.4 Å². The number of hydrogen-bond acceptors (Lipinski definition) is 8. The van der Waals surface area contributed by atoms with Crippen molar-refractivity contribution in [1.82, 2.24) is 9.97 Å². The number of rotatable bonds is 7. The number of benzene rings is 2. The molecule has 4 rings (SSSR count). The predicted octanol–water partition coefficient (Wildman–Crippen LogP) is 3.75. The summed E-state index contributed by atoms with van der Waals surface area (Å²) in [6.45, 7) is 6.68. The molecule has 3 aromatic rings. The van der Waals surface area contributed by atoms with E-state index in [1.807, 2.05) is 18.2 Å². The molecule has 1 saturated heterocycles. The van der Waals surface area contributed by atoms with Crippen molar-refractivity contribution in [2.75, 3.05) is 43.1 Å². The van der Waals surface area contributed by atoms with Gasteiger partial charge in [-0.3, -0.25) is 0 Å². The van der Waals surface area contributed by atoms with Crippen LogP contribution in [0.2, 0.25) is 0 Å². The zero-order valence-electron chi connectivity index (χ0n) is 18.8. The molecule has 2 heterocycles. The van der Waals surface area contributed by atoms with Gasteiger partial charge in [0.1, 0.15) is 18.4 Å². The van der Waals surface area contributed by atoms with Crippen molar-refractivity contribution in [2.45, 2.75) is 19.4 Å². The minimum Gasteiger partial charge on any atom is -0.489 e. The average Bonchev–Trinajstić information content (AvgIpc) is 2.83. The summed E-state index contributed by atoms with van der Waals surface area (Å²) in [6, 6.07) is 17.4. The second kappa shape index (κ2) is 9.86. The number of morpholine rings is 1. The number of anilines is 3. The maximum atomic E-state index is 9.87. The molecule has 170 valence electrons. The van der Waals surface area contributed by atoms with Gasteiger partial charge in [0.2, 0.25) is 5.95 Å². The van der Waals surface area contributed by atoms with Gasteiger partial charge in [-0.25, -0.2) is 9.97 Å². The van der Waals surface area contributed by atoms with Crippen LogP contribution in [0, 0.1) is 11.3 Å². The molecule has 8 nitrogen and oxygen atoms in total. The topological polar surface area (TPSA) is 104 Å². The molecule has 1 aliphatic heterocycles. The molecule has 0 unspecified atom stereocenters. The van der Waals surface area contributed by atoms with Gasteiger partial charge in [0, 0.05) is 36.2 Å². The van der Waals surface area contributed by atoms with Gasteiger partial charge >= 0.3 is 0 Å². The van der Waals surface area contributed by atoms with Crippen molar-refractivity contribution >= 4 is 17.3 Å². The molecule has 33 heavy (non-hydrogen) atoms. The van der Waals surface area contributed by atoms with Gasteiger partial charge < -0.3 is 24.8 Å². The smallest absolute Gasteiger partial charge is 0.227 e. The Bertz CT molecular complexity index is 1130. The Kier molecular flexibility index (Phi) is 6.73. The van der Waals surface area contributed by atoms with Crippen molar-refractivity contribution in [3.63, 3.8) is 0 Å². The molecule has 2 N–H and O–H groups in total. The molecule has 0 saturated carbocycles. The first kappa shape index (κ1) is 22.5. The number of aromatic nitrogens is 2. The zero-order valence-corrected chi connectivity index (χ0v) is 18.8. The van der Waals surface area contributed by atoms with Gasteiger partial charge in [0.15, 0.2) is 0 Å². The van der Waals surface area contributed by atoms with Crippen LogP contribution in [0.3, 0.4) is 0 Å². The van der Waals surface area contributed by atoms with Gasteiger partial charge in [-0.1, -0.05) is 0 Å². The summed E-state index contributed by atoms with van der Waals surface area (Å²) < 4.78 is 11.0. The Hall–Kier alpha value is -3.67. The molecular formula is C25H27N5O3. The Morgan fingerprint density at radius 2 is 1.91 bits per heavy atom. The molecule has 1 aliphatic rings. The minimum absolute atomic E-state index is 0.0902. The van der Waals surface area contributed by atoms with E-state index in [1.165, 1.54) is 0 Å². The van der Waals surface area contributed by atoms with Crippen molar-refractivity contribution in [3.05, 3.63) is 60.3 Å². The van der Waals surface area contributed by atoms with Crippen LogP contribution in [0.1, 0.15) is 19.4 Å². The quantitative estimate of drug-likeness (QED) is 0.567. The maximum Gasteiger partial charge on any atom is 0.227 e. The van der Waals surface area contributed by atoms with Crippen LogP contribution >= 0.6 is 0 Å². The van der Waals surface area contributed by atoms with Crippen molar-refractivity contribution in [1.29, 1.82) is 5.26 Å². The summed E-state index contributed by atoms with van der Waals surface area (Å²) in [4.78, 5) is 11.2. The number of ether oxygens (including phenoxy) is 2. The fourth-order valence-corrected chi connectivity index (χ4v) is 3.44. The SMILES string of the molecule is CC(C)(O)COc1ccc(-c2ccnc(Nc3ccc(N4CCOCC4)cc3)n2)cc1C#N. The van der Waals surface area contributed by atoms with Crippen LogP contribution in [0.5, 0.6) is 5.75 Å². The van der Waals surface area contributed by atoms with E-state index in [0.29, 0.717) is 23.0 Å². The highest BCUT2D eigenvalue weighted by atomic mass is 16.5. The zero-order chi connectivity index (χ0) is 23.3. The maximum absolute atomic E-state index is 9.87. The molecule has 0 amide bonds. The van der Waals surface area contributed by atoms with E-state index in [-0.39, 0.29) is 6.61 Å². The molecule has 0 aliphatic carbocycles. The summed E-state index contributed by atoms with van der Waals surface area (Å²) in [5, 5.41) is 22.6. The predicted molar refractivity (Wildman–Crippen MR) is 127 cm³/mol. The molecule has 1 fully saturated rings. The Balaban J connectivity index is 1.48. The highest BCUT2D eigenvalue weighted by Gasteiger charge is 2.16. The largest absolute Gasteiger partial charge is 0.489 e. The minimum atomic E-state index is -0.987. The van der Waals surface area contributed by atoms with Crippen LogP contribution in [0.15, 0.2) is 54.7 Å². The van der Waals surface area contributed by atoms with Crippen molar-refractivity contribution in [3.8, 4) is 23.1 Å². The summed E-state index contributed by atoms with van der Waals surface area (Å²) in [7, 11) is 0. The molecular weight excluding hydrogens is 418 g/mol. The van der Waals surface area contributed by atoms with Crippen molar-refractivity contribution < 1.29 is 14.6 Å². The normalized spacial score (nSPS) is 13.9. The summed E-state index contributed by atoms with van der Waals surface area (Å²) in [5.74, 6) is 0.892. The molecule has 0 bridgehead atoms. The lowest BCUT2D eigenvalue weighted by molar-refractivity contribution is 0.0284. The van der Waals surface area contributed by atoms with Crippen LogP contribution in [-0.4, -0.2) is 53.6 Å². The molecule has 0 spiro atoms. The second-order valence-electron chi connectivity index (χ2n) is 8.46. The highest BCUT2D eigenvalue weighted by molar-refractivity contribution is 5.66. The second-order valence-corrected chi connectivity index (χ2v) is 8.46. The van der Waals surface area contributed by atoms with E-state index >= 15 is 0 Å². The van der Waals surface area contributed by atoms with Crippen LogP contribution < -0.4 is 15.0 Å². The first-order valence-corrected chi connectivity index (χ1v) is 10.8. The number of aliphatic hydroxyl groups is 1. The van der Waals surface area contributed by atoms with Crippen LogP contribution in [-0.2, 0) is 4.74 Å². The standard InChI is InChI=1S/C25H27N5O3/c1-25(2,31)17-33-23-8-3-18(15-19(23)16-26)22-9-10-27-24(29-22)28-20-4-6-21(7-5-20)30-11-13-32-14-12-30/h3-10,15,31H,11-14,17H2,1-2H3,(H,27,28,29). The van der Waals surface area contributed by atoms with E-state index < -0.39 is 5.60 Å². The molecule has 1 aromatic heterocycles. The lowest BCUT2D eigenvalue weighted by Crippen LogP contribution is -2.36. The first-order valence-electron chi connectivity index (χ1n) is 10.8. The third-order valence-electron chi connectivity index (χ3n) is 5.13. The fraction of sp³-hybridized carbons (Fsp3) is 0.320. The van der Waals surface area contributed by atoms with E-state index in [0.717, 1.165) is 43.2 Å². The lowest BCUT2D eigenvalue weighted by Gasteiger charge is -2.28. The molecule has 2 aromatic carbocycles. The van der Waals surface area contributed by atoms with E-state index in [1.54, 1.807) is 38.2 Å². The van der Waals surface area contributed by atoms with E-state index in [4.69, 9.17) is 9.47 Å². The van der Waals surface area contributed by atoms with Gasteiger partial charge in [0.25, 0.3) is 0 Å². The summed E-state index contributed by atoms with van der Waals surface area (Å²) in [6.07, 6.45) is 1.68. The Labute approximate surface area is 193 Å². The first-order chi connectivity index (χ1) is 15.9. The Morgan fingerprint density at radius 3 is 2.61 bits per heavy atom.